The van der Waals surface area contributed by atoms with Crippen molar-refractivity contribution in [3.8, 4) is 0 Å². The topological polar surface area (TPSA) is 46.0 Å². The summed E-state index contributed by atoms with van der Waals surface area (Å²) in [7, 11) is 0. The summed E-state index contributed by atoms with van der Waals surface area (Å²) in [6.45, 7) is 6.14. The van der Waals surface area contributed by atoms with Crippen LogP contribution in [0.2, 0.25) is 0 Å². The van der Waals surface area contributed by atoms with E-state index in [1.165, 1.54) is 5.56 Å². The molecule has 0 spiro atoms. The highest BCUT2D eigenvalue weighted by atomic mass is 32.2. The van der Waals surface area contributed by atoms with E-state index in [9.17, 15) is 0 Å². The molecule has 0 aliphatic carbocycles. The molecule has 2 heterocycles. The van der Waals surface area contributed by atoms with Crippen LogP contribution in [-0.2, 0) is 0 Å². The summed E-state index contributed by atoms with van der Waals surface area (Å²) in [4.78, 5) is 9.93. The van der Waals surface area contributed by atoms with Crippen molar-refractivity contribution in [3.05, 3.63) is 16.8 Å². The van der Waals surface area contributed by atoms with Crippen molar-refractivity contribution in [1.82, 2.24) is 9.97 Å². The van der Waals surface area contributed by atoms with E-state index in [0.29, 0.717) is 0 Å². The monoisotopic (exact) mass is 254 g/mol. The molecule has 2 aromatic rings. The Kier molecular flexibility index (Phi) is 3.47. The normalized spacial score (nSPS) is 13.2. The third-order valence-corrected chi connectivity index (χ3v) is 4.33. The summed E-state index contributed by atoms with van der Waals surface area (Å²) in [6, 6.07) is 0. The molecule has 3 nitrogen and oxygen atoms in total. The van der Waals surface area contributed by atoms with Crippen molar-refractivity contribution in [1.29, 1.82) is 0 Å². The fourth-order valence-electron chi connectivity index (χ4n) is 1.46. The largest absolute Gasteiger partial charge is 0.395 e. The predicted molar refractivity (Wildman–Crippen MR) is 69.3 cm³/mol. The lowest BCUT2D eigenvalue weighted by atomic mass is 10.3. The molecular weight excluding hydrogens is 240 g/mol. The summed E-state index contributed by atoms with van der Waals surface area (Å²) >= 11 is 3.26. The second-order valence-corrected chi connectivity index (χ2v) is 6.07. The van der Waals surface area contributed by atoms with Gasteiger partial charge < -0.3 is 5.11 Å². The molecule has 0 amide bonds. The quantitative estimate of drug-likeness (QED) is 0.676. The van der Waals surface area contributed by atoms with Gasteiger partial charge in [-0.15, -0.1) is 23.1 Å². The maximum atomic E-state index is 9.10. The van der Waals surface area contributed by atoms with Crippen molar-refractivity contribution >= 4 is 33.3 Å². The van der Waals surface area contributed by atoms with Crippen LogP contribution in [0.1, 0.15) is 18.3 Å². The van der Waals surface area contributed by atoms with Crippen molar-refractivity contribution in [3.63, 3.8) is 0 Å². The summed E-state index contributed by atoms with van der Waals surface area (Å²) < 4.78 is 0. The molecule has 2 rings (SSSR count). The van der Waals surface area contributed by atoms with Gasteiger partial charge >= 0.3 is 0 Å². The number of thioether (sulfide) groups is 1. The molecule has 0 fully saturated rings. The first-order chi connectivity index (χ1) is 7.61. The van der Waals surface area contributed by atoms with Crippen molar-refractivity contribution in [2.75, 3.05) is 6.61 Å². The fourth-order valence-corrected chi connectivity index (χ4v) is 3.51. The number of aryl methyl sites for hydroxylation is 2. The van der Waals surface area contributed by atoms with Gasteiger partial charge in [-0.2, -0.15) is 0 Å². The molecule has 0 aromatic carbocycles. The second kappa shape index (κ2) is 4.69. The van der Waals surface area contributed by atoms with Gasteiger partial charge in [0, 0.05) is 10.6 Å². The Hall–Kier alpha value is -0.650. The highest BCUT2D eigenvalue weighted by Crippen LogP contribution is 2.33. The standard InChI is InChI=1S/C11H14N2OS2/c1-6-5-15-10-9(6)11(13-8(3)12-10)16-7(2)4-14/h5,7,14H,4H2,1-3H3. The van der Waals surface area contributed by atoms with E-state index in [2.05, 4.69) is 22.3 Å². The molecule has 0 aliphatic rings. The molecule has 1 N–H and O–H groups in total. The van der Waals surface area contributed by atoms with Gasteiger partial charge in [-0.1, -0.05) is 6.92 Å². The molecule has 16 heavy (non-hydrogen) atoms. The van der Waals surface area contributed by atoms with Gasteiger partial charge in [0.25, 0.3) is 0 Å². The lowest BCUT2D eigenvalue weighted by Crippen LogP contribution is -2.03. The number of thiophene rings is 1. The number of nitrogens with zero attached hydrogens (tertiary/aromatic N) is 2. The van der Waals surface area contributed by atoms with Gasteiger partial charge in [-0.05, 0) is 24.8 Å². The molecule has 0 bridgehead atoms. The third-order valence-electron chi connectivity index (χ3n) is 2.27. The number of fused-ring (bicyclic) bond motifs is 1. The van der Waals surface area contributed by atoms with Crippen LogP contribution >= 0.6 is 23.1 Å². The van der Waals surface area contributed by atoms with Crippen LogP contribution in [0.3, 0.4) is 0 Å². The number of hydrogen-bond donors (Lipinski definition) is 1. The molecule has 0 saturated heterocycles. The Labute approximate surface area is 103 Å². The van der Waals surface area contributed by atoms with Crippen LogP contribution in [0.5, 0.6) is 0 Å². The lowest BCUT2D eigenvalue weighted by molar-refractivity contribution is 0.300. The molecule has 0 radical (unpaired) electrons. The molecule has 1 unspecified atom stereocenters. The van der Waals surface area contributed by atoms with E-state index in [-0.39, 0.29) is 11.9 Å². The molecule has 1 atom stereocenters. The number of rotatable bonds is 3. The van der Waals surface area contributed by atoms with E-state index in [4.69, 9.17) is 5.11 Å². The minimum Gasteiger partial charge on any atom is -0.395 e. The van der Waals surface area contributed by atoms with Crippen LogP contribution in [0.15, 0.2) is 10.4 Å². The Bertz CT molecular complexity index is 510. The molecule has 5 heteroatoms. The molecule has 2 aromatic heterocycles. The number of aliphatic hydroxyl groups excluding tert-OH is 1. The van der Waals surface area contributed by atoms with Crippen LogP contribution in [-0.4, -0.2) is 26.9 Å². The summed E-state index contributed by atoms with van der Waals surface area (Å²) in [6.07, 6.45) is 0. The zero-order chi connectivity index (χ0) is 11.7. The van der Waals surface area contributed by atoms with Crippen molar-refractivity contribution in [2.24, 2.45) is 0 Å². The van der Waals surface area contributed by atoms with Crippen molar-refractivity contribution < 1.29 is 5.11 Å². The zero-order valence-corrected chi connectivity index (χ0v) is 11.2. The smallest absolute Gasteiger partial charge is 0.128 e. The Morgan fingerprint density at radius 2 is 2.19 bits per heavy atom. The Morgan fingerprint density at radius 3 is 2.88 bits per heavy atom. The van der Waals surface area contributed by atoms with E-state index >= 15 is 0 Å². The summed E-state index contributed by atoms with van der Waals surface area (Å²) in [5.74, 6) is 0.794. The molecule has 86 valence electrons. The van der Waals surface area contributed by atoms with Gasteiger partial charge in [-0.3, -0.25) is 0 Å². The molecular formula is C11H14N2OS2. The molecule has 0 saturated carbocycles. The van der Waals surface area contributed by atoms with E-state index in [0.717, 1.165) is 21.1 Å². The number of hydrogen-bond acceptors (Lipinski definition) is 5. The average molecular weight is 254 g/mol. The summed E-state index contributed by atoms with van der Waals surface area (Å²) in [5.41, 5.74) is 1.22. The first-order valence-electron chi connectivity index (χ1n) is 5.11. The Balaban J connectivity index is 2.53. The minimum atomic E-state index is 0.164. The van der Waals surface area contributed by atoms with Gasteiger partial charge in [0.15, 0.2) is 0 Å². The third kappa shape index (κ3) is 2.21. The van der Waals surface area contributed by atoms with Gasteiger partial charge in [0.1, 0.15) is 15.7 Å². The predicted octanol–water partition coefficient (Wildman–Crippen LogP) is 2.78. The zero-order valence-electron chi connectivity index (χ0n) is 9.52. The Morgan fingerprint density at radius 1 is 1.44 bits per heavy atom. The highest BCUT2D eigenvalue weighted by Gasteiger charge is 2.13. The SMILES string of the molecule is Cc1nc(SC(C)CO)c2c(C)csc2n1. The van der Waals surface area contributed by atoms with E-state index in [1.807, 2.05) is 13.8 Å². The van der Waals surface area contributed by atoms with Crippen LogP contribution in [0, 0.1) is 13.8 Å². The van der Waals surface area contributed by atoms with Gasteiger partial charge in [0.2, 0.25) is 0 Å². The van der Waals surface area contributed by atoms with Crippen LogP contribution in [0.25, 0.3) is 10.2 Å². The first kappa shape index (κ1) is 11.8. The lowest BCUT2D eigenvalue weighted by Gasteiger charge is -2.08. The number of aliphatic hydroxyl groups is 1. The van der Waals surface area contributed by atoms with Crippen LogP contribution < -0.4 is 0 Å². The maximum absolute atomic E-state index is 9.10. The van der Waals surface area contributed by atoms with E-state index < -0.39 is 0 Å². The number of aromatic nitrogens is 2. The average Bonchev–Trinajstić information content (AvgIpc) is 2.60. The van der Waals surface area contributed by atoms with Crippen molar-refractivity contribution in [2.45, 2.75) is 31.0 Å². The second-order valence-electron chi connectivity index (χ2n) is 3.79. The minimum absolute atomic E-state index is 0.164. The van der Waals surface area contributed by atoms with Crippen LogP contribution in [0.4, 0.5) is 0 Å². The van der Waals surface area contributed by atoms with Gasteiger partial charge in [0.05, 0.1) is 6.61 Å². The fraction of sp³-hybridized carbons (Fsp3) is 0.455. The van der Waals surface area contributed by atoms with E-state index in [1.54, 1.807) is 23.1 Å². The molecule has 0 aliphatic heterocycles. The highest BCUT2D eigenvalue weighted by molar-refractivity contribution is 8.00. The van der Waals surface area contributed by atoms with Gasteiger partial charge in [-0.25, -0.2) is 9.97 Å². The maximum Gasteiger partial charge on any atom is 0.128 e. The first-order valence-corrected chi connectivity index (χ1v) is 6.87. The summed E-state index contributed by atoms with van der Waals surface area (Å²) in [5, 5.41) is 13.5.